The molecule has 0 radical (unpaired) electrons. The van der Waals surface area contributed by atoms with Gasteiger partial charge in [0.2, 0.25) is 0 Å². The van der Waals surface area contributed by atoms with E-state index in [2.05, 4.69) is 19.9 Å². The molecule has 0 aliphatic carbocycles. The second-order valence-corrected chi connectivity index (χ2v) is 4.87. The molecule has 0 saturated heterocycles. The van der Waals surface area contributed by atoms with Crippen molar-refractivity contribution in [2.45, 2.75) is 26.3 Å². The lowest BCUT2D eigenvalue weighted by molar-refractivity contribution is 0.529. The van der Waals surface area contributed by atoms with Gasteiger partial charge in [-0.2, -0.15) is 0 Å². The van der Waals surface area contributed by atoms with Crippen molar-refractivity contribution in [1.29, 1.82) is 0 Å². The standard InChI is InChI=1S/C15H15N5O/c1-3-12(11-8-10(2)4-5-16-11)20-9-19-14-13(15(20)21)17-6-7-18-14/h4-9,12H,3H2,1-2H3/t12-/m1/s1. The lowest BCUT2D eigenvalue weighted by Crippen LogP contribution is -2.27. The zero-order valence-electron chi connectivity index (χ0n) is 11.9. The molecule has 0 aromatic carbocycles. The SMILES string of the molecule is CC[C@H](c1cc(C)ccn1)n1cnc2nccnc2c1=O. The summed E-state index contributed by atoms with van der Waals surface area (Å²) in [6.45, 7) is 4.02. The normalized spacial score (nSPS) is 12.5. The molecule has 3 aromatic rings. The Morgan fingerprint density at radius 3 is 2.71 bits per heavy atom. The van der Waals surface area contributed by atoms with Crippen molar-refractivity contribution in [3.8, 4) is 0 Å². The Labute approximate surface area is 121 Å². The number of fused-ring (bicyclic) bond motifs is 1. The summed E-state index contributed by atoms with van der Waals surface area (Å²) in [4.78, 5) is 29.3. The minimum Gasteiger partial charge on any atom is -0.288 e. The second-order valence-electron chi connectivity index (χ2n) is 4.87. The Bertz CT molecular complexity index is 843. The third kappa shape index (κ3) is 2.40. The van der Waals surface area contributed by atoms with E-state index in [1.165, 1.54) is 18.7 Å². The predicted molar refractivity (Wildman–Crippen MR) is 79.0 cm³/mol. The summed E-state index contributed by atoms with van der Waals surface area (Å²) >= 11 is 0. The van der Waals surface area contributed by atoms with Crippen molar-refractivity contribution in [2.75, 3.05) is 0 Å². The first-order valence-corrected chi connectivity index (χ1v) is 6.81. The zero-order valence-corrected chi connectivity index (χ0v) is 11.9. The van der Waals surface area contributed by atoms with Gasteiger partial charge in [-0.1, -0.05) is 6.92 Å². The van der Waals surface area contributed by atoms with Gasteiger partial charge in [0.1, 0.15) is 6.33 Å². The van der Waals surface area contributed by atoms with E-state index in [0.29, 0.717) is 5.65 Å². The number of pyridine rings is 1. The van der Waals surface area contributed by atoms with E-state index in [-0.39, 0.29) is 17.1 Å². The number of hydrogen-bond donors (Lipinski definition) is 0. The molecule has 1 atom stereocenters. The number of hydrogen-bond acceptors (Lipinski definition) is 5. The van der Waals surface area contributed by atoms with E-state index in [4.69, 9.17) is 0 Å². The largest absolute Gasteiger partial charge is 0.288 e. The number of nitrogens with zero attached hydrogens (tertiary/aromatic N) is 5. The topological polar surface area (TPSA) is 73.6 Å². The third-order valence-electron chi connectivity index (χ3n) is 3.42. The molecule has 0 aliphatic heterocycles. The Hall–Kier alpha value is -2.63. The first kappa shape index (κ1) is 13.4. The van der Waals surface area contributed by atoms with Crippen LogP contribution in [0.4, 0.5) is 0 Å². The van der Waals surface area contributed by atoms with Crippen molar-refractivity contribution in [2.24, 2.45) is 0 Å². The molecule has 6 heteroatoms. The van der Waals surface area contributed by atoms with E-state index in [0.717, 1.165) is 17.7 Å². The van der Waals surface area contributed by atoms with E-state index >= 15 is 0 Å². The molecule has 0 spiro atoms. The summed E-state index contributed by atoms with van der Waals surface area (Å²) in [7, 11) is 0. The molecule has 0 unspecified atom stereocenters. The van der Waals surface area contributed by atoms with Gasteiger partial charge in [0.15, 0.2) is 11.2 Å². The molecule has 0 fully saturated rings. The van der Waals surface area contributed by atoms with Crippen LogP contribution in [0.1, 0.15) is 30.6 Å². The van der Waals surface area contributed by atoms with Crippen LogP contribution in [0.5, 0.6) is 0 Å². The van der Waals surface area contributed by atoms with Gasteiger partial charge in [-0.15, -0.1) is 0 Å². The van der Waals surface area contributed by atoms with Crippen molar-refractivity contribution in [1.82, 2.24) is 24.5 Å². The second kappa shape index (κ2) is 5.40. The van der Waals surface area contributed by atoms with Crippen LogP contribution in [0.2, 0.25) is 0 Å². The fraction of sp³-hybridized carbons (Fsp3) is 0.267. The van der Waals surface area contributed by atoms with Gasteiger partial charge >= 0.3 is 0 Å². The molecule has 21 heavy (non-hydrogen) atoms. The predicted octanol–water partition coefficient (Wildman–Crippen LogP) is 1.89. The fourth-order valence-corrected chi connectivity index (χ4v) is 2.38. The van der Waals surface area contributed by atoms with E-state index in [9.17, 15) is 4.79 Å². The molecular formula is C15H15N5O. The molecule has 3 aromatic heterocycles. The fourth-order valence-electron chi connectivity index (χ4n) is 2.38. The smallest absolute Gasteiger partial charge is 0.282 e. The van der Waals surface area contributed by atoms with Gasteiger partial charge < -0.3 is 0 Å². The summed E-state index contributed by atoms with van der Waals surface area (Å²) in [5, 5.41) is 0. The molecule has 3 rings (SSSR count). The highest BCUT2D eigenvalue weighted by Gasteiger charge is 2.17. The Balaban J connectivity index is 2.18. The van der Waals surface area contributed by atoms with Crippen LogP contribution in [0.25, 0.3) is 11.2 Å². The maximum atomic E-state index is 12.6. The first-order chi connectivity index (χ1) is 10.2. The molecular weight excluding hydrogens is 266 g/mol. The van der Waals surface area contributed by atoms with Crippen molar-refractivity contribution in [3.63, 3.8) is 0 Å². The van der Waals surface area contributed by atoms with Crippen LogP contribution in [0, 0.1) is 6.92 Å². The van der Waals surface area contributed by atoms with Gasteiger partial charge in [0.05, 0.1) is 11.7 Å². The van der Waals surface area contributed by atoms with E-state index in [1.807, 2.05) is 26.0 Å². The van der Waals surface area contributed by atoms with Crippen LogP contribution in [0.3, 0.4) is 0 Å². The first-order valence-electron chi connectivity index (χ1n) is 6.81. The van der Waals surface area contributed by atoms with Crippen molar-refractivity contribution in [3.05, 3.63) is 58.7 Å². The summed E-state index contributed by atoms with van der Waals surface area (Å²) in [5.41, 5.74) is 2.42. The minimum absolute atomic E-state index is 0.156. The number of rotatable bonds is 3. The van der Waals surface area contributed by atoms with Crippen molar-refractivity contribution >= 4 is 11.2 Å². The summed E-state index contributed by atoms with van der Waals surface area (Å²) in [6.07, 6.45) is 7.05. The van der Waals surface area contributed by atoms with Gasteiger partial charge in [-0.25, -0.2) is 15.0 Å². The molecule has 106 valence electrons. The Morgan fingerprint density at radius 2 is 1.95 bits per heavy atom. The van der Waals surface area contributed by atoms with Crippen LogP contribution >= 0.6 is 0 Å². The Morgan fingerprint density at radius 1 is 1.14 bits per heavy atom. The van der Waals surface area contributed by atoms with Crippen LogP contribution in [-0.2, 0) is 0 Å². The maximum absolute atomic E-state index is 12.6. The average Bonchev–Trinajstić information content (AvgIpc) is 2.51. The molecule has 0 saturated carbocycles. The molecule has 0 N–H and O–H groups in total. The van der Waals surface area contributed by atoms with Gasteiger partial charge in [0, 0.05) is 18.6 Å². The maximum Gasteiger partial charge on any atom is 0.282 e. The average molecular weight is 281 g/mol. The van der Waals surface area contributed by atoms with Crippen LogP contribution in [0.15, 0.2) is 41.8 Å². The minimum atomic E-state index is -0.191. The quantitative estimate of drug-likeness (QED) is 0.733. The highest BCUT2D eigenvalue weighted by molar-refractivity contribution is 5.67. The molecule has 0 amide bonds. The number of aryl methyl sites for hydroxylation is 1. The lowest BCUT2D eigenvalue weighted by Gasteiger charge is -2.17. The third-order valence-corrected chi connectivity index (χ3v) is 3.42. The van der Waals surface area contributed by atoms with Crippen LogP contribution < -0.4 is 5.56 Å². The highest BCUT2D eigenvalue weighted by atomic mass is 16.1. The van der Waals surface area contributed by atoms with E-state index in [1.54, 1.807) is 10.8 Å². The number of aromatic nitrogens is 5. The summed E-state index contributed by atoms with van der Waals surface area (Å²) < 4.78 is 1.58. The molecule has 3 heterocycles. The monoisotopic (exact) mass is 281 g/mol. The van der Waals surface area contributed by atoms with Gasteiger partial charge in [-0.05, 0) is 31.0 Å². The van der Waals surface area contributed by atoms with Crippen molar-refractivity contribution < 1.29 is 0 Å². The molecule has 6 nitrogen and oxygen atoms in total. The van der Waals surface area contributed by atoms with Gasteiger partial charge in [-0.3, -0.25) is 14.3 Å². The van der Waals surface area contributed by atoms with Gasteiger partial charge in [0.25, 0.3) is 5.56 Å². The summed E-state index contributed by atoms with van der Waals surface area (Å²) in [6, 6.07) is 3.77. The summed E-state index contributed by atoms with van der Waals surface area (Å²) in [5.74, 6) is 0. The van der Waals surface area contributed by atoms with E-state index < -0.39 is 0 Å². The van der Waals surface area contributed by atoms with Crippen LogP contribution in [-0.4, -0.2) is 24.5 Å². The molecule has 0 aliphatic rings. The Kier molecular flexibility index (Phi) is 3.43. The lowest BCUT2D eigenvalue weighted by atomic mass is 10.1. The zero-order chi connectivity index (χ0) is 14.8. The molecule has 0 bridgehead atoms. The highest BCUT2D eigenvalue weighted by Crippen LogP contribution is 2.19.